The molecule has 0 aromatic carbocycles. The van der Waals surface area contributed by atoms with E-state index in [1.807, 2.05) is 7.05 Å². The molecule has 3 fully saturated rings. The molecule has 3 nitrogen and oxygen atoms in total. The molecule has 2 saturated carbocycles. The molecular formula is C13H24IN3. The summed E-state index contributed by atoms with van der Waals surface area (Å²) in [4.78, 5) is 6.94. The second-order valence-electron chi connectivity index (χ2n) is 5.68. The normalized spacial score (nSPS) is 33.0. The number of halogens is 1. The van der Waals surface area contributed by atoms with Crippen molar-refractivity contribution in [2.45, 2.75) is 44.6 Å². The monoisotopic (exact) mass is 349 g/mol. The third-order valence-corrected chi connectivity index (χ3v) is 4.40. The van der Waals surface area contributed by atoms with E-state index < -0.39 is 0 Å². The fraction of sp³-hybridized carbons (Fsp3) is 0.923. The average Bonchev–Trinajstić information content (AvgIpc) is 3.02. The Balaban J connectivity index is 0.00000108. The molecule has 98 valence electrons. The maximum atomic E-state index is 4.44. The van der Waals surface area contributed by atoms with Gasteiger partial charge in [0, 0.05) is 26.2 Å². The molecule has 0 aromatic heterocycles. The summed E-state index contributed by atoms with van der Waals surface area (Å²) < 4.78 is 0. The van der Waals surface area contributed by atoms with Crippen LogP contribution in [-0.2, 0) is 0 Å². The lowest BCUT2D eigenvalue weighted by Crippen LogP contribution is -2.41. The maximum absolute atomic E-state index is 4.44. The second kappa shape index (κ2) is 5.76. The summed E-state index contributed by atoms with van der Waals surface area (Å²) in [5.41, 5.74) is 0. The third-order valence-electron chi connectivity index (χ3n) is 4.40. The molecule has 0 radical (unpaired) electrons. The predicted molar refractivity (Wildman–Crippen MR) is 82.0 cm³/mol. The molecule has 2 unspecified atom stereocenters. The number of guanidine groups is 1. The molecule has 3 aliphatic rings. The van der Waals surface area contributed by atoms with Gasteiger partial charge in [-0.1, -0.05) is 12.8 Å². The van der Waals surface area contributed by atoms with Gasteiger partial charge in [-0.25, -0.2) is 0 Å². The van der Waals surface area contributed by atoms with Gasteiger partial charge < -0.3 is 10.2 Å². The van der Waals surface area contributed by atoms with Gasteiger partial charge in [0.25, 0.3) is 0 Å². The molecule has 0 amide bonds. The van der Waals surface area contributed by atoms with Gasteiger partial charge in [0.05, 0.1) is 0 Å². The minimum atomic E-state index is 0. The summed E-state index contributed by atoms with van der Waals surface area (Å²) in [7, 11) is 1.92. The van der Waals surface area contributed by atoms with Crippen molar-refractivity contribution in [2.24, 2.45) is 16.8 Å². The molecule has 0 spiro atoms. The van der Waals surface area contributed by atoms with Crippen LogP contribution in [0, 0.1) is 11.8 Å². The molecule has 1 aliphatic heterocycles. The van der Waals surface area contributed by atoms with Gasteiger partial charge in [0.2, 0.25) is 0 Å². The van der Waals surface area contributed by atoms with E-state index in [1.165, 1.54) is 51.6 Å². The molecule has 2 atom stereocenters. The number of rotatable bonds is 1. The lowest BCUT2D eigenvalue weighted by atomic mass is 9.82. The van der Waals surface area contributed by atoms with E-state index in [4.69, 9.17) is 0 Å². The predicted octanol–water partition coefficient (Wildman–Crippen LogP) is 2.46. The highest BCUT2D eigenvalue weighted by atomic mass is 127. The van der Waals surface area contributed by atoms with Crippen LogP contribution >= 0.6 is 24.0 Å². The Morgan fingerprint density at radius 3 is 2.12 bits per heavy atom. The summed E-state index contributed by atoms with van der Waals surface area (Å²) >= 11 is 0. The minimum Gasteiger partial charge on any atom is -0.354 e. The first-order valence-electron chi connectivity index (χ1n) is 6.85. The Bertz CT molecular complexity index is 274. The molecule has 2 aliphatic carbocycles. The Kier molecular flexibility index (Phi) is 4.55. The van der Waals surface area contributed by atoms with E-state index in [0.29, 0.717) is 0 Å². The summed E-state index contributed by atoms with van der Waals surface area (Å²) in [6, 6.07) is 0.723. The third kappa shape index (κ3) is 3.06. The number of likely N-dealkylation sites (tertiary alicyclic amines) is 1. The largest absolute Gasteiger partial charge is 0.354 e. The molecule has 0 aromatic rings. The van der Waals surface area contributed by atoms with Gasteiger partial charge in [-0.15, -0.1) is 24.0 Å². The summed E-state index contributed by atoms with van der Waals surface area (Å²) in [6.07, 6.45) is 8.45. The van der Waals surface area contributed by atoms with Crippen molar-refractivity contribution >= 4 is 29.9 Å². The topological polar surface area (TPSA) is 27.6 Å². The van der Waals surface area contributed by atoms with E-state index in [-0.39, 0.29) is 24.0 Å². The number of aliphatic imine (C=N–C) groups is 1. The summed E-state index contributed by atoms with van der Waals surface area (Å²) in [5, 5.41) is 3.57. The Hall–Kier alpha value is 0. The fourth-order valence-electron chi connectivity index (χ4n) is 3.29. The van der Waals surface area contributed by atoms with Crippen molar-refractivity contribution < 1.29 is 0 Å². The Labute approximate surface area is 121 Å². The Morgan fingerprint density at radius 1 is 1.06 bits per heavy atom. The van der Waals surface area contributed by atoms with Crippen LogP contribution < -0.4 is 5.32 Å². The van der Waals surface area contributed by atoms with E-state index in [9.17, 15) is 0 Å². The number of hydrogen-bond donors (Lipinski definition) is 1. The highest BCUT2D eigenvalue weighted by Gasteiger charge is 2.36. The van der Waals surface area contributed by atoms with Crippen molar-refractivity contribution in [3.05, 3.63) is 0 Å². The van der Waals surface area contributed by atoms with Gasteiger partial charge in [0.1, 0.15) is 0 Å². The van der Waals surface area contributed by atoms with Gasteiger partial charge in [-0.3, -0.25) is 4.99 Å². The van der Waals surface area contributed by atoms with Crippen molar-refractivity contribution in [3.63, 3.8) is 0 Å². The van der Waals surface area contributed by atoms with Crippen LogP contribution in [0.2, 0.25) is 0 Å². The molecule has 1 heterocycles. The maximum Gasteiger partial charge on any atom is 0.193 e. The van der Waals surface area contributed by atoms with Crippen molar-refractivity contribution in [1.29, 1.82) is 0 Å². The first-order chi connectivity index (χ1) is 7.86. The van der Waals surface area contributed by atoms with Crippen molar-refractivity contribution in [2.75, 3.05) is 20.1 Å². The van der Waals surface area contributed by atoms with Gasteiger partial charge in [0.15, 0.2) is 5.96 Å². The lowest BCUT2D eigenvalue weighted by molar-refractivity contribution is 0.299. The van der Waals surface area contributed by atoms with Crippen LogP contribution in [0.4, 0.5) is 0 Å². The summed E-state index contributed by atoms with van der Waals surface area (Å²) in [5.74, 6) is 3.06. The van der Waals surface area contributed by atoms with Gasteiger partial charge in [-0.05, 0) is 37.5 Å². The van der Waals surface area contributed by atoms with E-state index >= 15 is 0 Å². The van der Waals surface area contributed by atoms with Crippen LogP contribution in [0.5, 0.6) is 0 Å². The molecule has 1 saturated heterocycles. The van der Waals surface area contributed by atoms with Crippen LogP contribution in [0.1, 0.15) is 38.5 Å². The van der Waals surface area contributed by atoms with Crippen LogP contribution in [0.3, 0.4) is 0 Å². The quantitative estimate of drug-likeness (QED) is 0.447. The molecule has 1 N–H and O–H groups in total. The van der Waals surface area contributed by atoms with E-state index in [2.05, 4.69) is 15.2 Å². The minimum absolute atomic E-state index is 0. The second-order valence-corrected chi connectivity index (χ2v) is 5.68. The SMILES string of the molecule is CN=C(NC1CC1)N1CC2CCCCC2C1.I. The zero-order valence-electron chi connectivity index (χ0n) is 10.7. The smallest absolute Gasteiger partial charge is 0.193 e. The zero-order chi connectivity index (χ0) is 11.0. The van der Waals surface area contributed by atoms with Crippen LogP contribution in [0.15, 0.2) is 4.99 Å². The first kappa shape index (κ1) is 13.4. The summed E-state index contributed by atoms with van der Waals surface area (Å²) in [6.45, 7) is 2.49. The zero-order valence-corrected chi connectivity index (χ0v) is 13.0. The molecule has 3 rings (SSSR count). The Morgan fingerprint density at radius 2 is 1.65 bits per heavy atom. The number of fused-ring (bicyclic) bond motifs is 1. The van der Waals surface area contributed by atoms with Gasteiger partial charge in [-0.2, -0.15) is 0 Å². The fourth-order valence-corrected chi connectivity index (χ4v) is 3.29. The average molecular weight is 349 g/mol. The van der Waals surface area contributed by atoms with Crippen LogP contribution in [-0.4, -0.2) is 37.0 Å². The molecule has 4 heteroatoms. The number of nitrogens with one attached hydrogen (secondary N) is 1. The molecule has 0 bridgehead atoms. The number of nitrogens with zero attached hydrogens (tertiary/aromatic N) is 2. The van der Waals surface area contributed by atoms with E-state index in [1.54, 1.807) is 0 Å². The van der Waals surface area contributed by atoms with Crippen molar-refractivity contribution in [3.8, 4) is 0 Å². The number of hydrogen-bond acceptors (Lipinski definition) is 1. The molecular weight excluding hydrogens is 325 g/mol. The highest BCUT2D eigenvalue weighted by molar-refractivity contribution is 14.0. The molecule has 17 heavy (non-hydrogen) atoms. The van der Waals surface area contributed by atoms with Crippen LogP contribution in [0.25, 0.3) is 0 Å². The van der Waals surface area contributed by atoms with Gasteiger partial charge >= 0.3 is 0 Å². The highest BCUT2D eigenvalue weighted by Crippen LogP contribution is 2.36. The van der Waals surface area contributed by atoms with E-state index in [0.717, 1.165) is 23.8 Å². The lowest BCUT2D eigenvalue weighted by Gasteiger charge is -2.22. The standard InChI is InChI=1S/C13H23N3.HI/c1-14-13(15-12-6-7-12)16-8-10-4-2-3-5-11(10)9-16;/h10-12H,2-9H2,1H3,(H,14,15);1H. The first-order valence-corrected chi connectivity index (χ1v) is 6.85. The van der Waals surface area contributed by atoms with Crippen molar-refractivity contribution in [1.82, 2.24) is 10.2 Å².